The van der Waals surface area contributed by atoms with E-state index in [9.17, 15) is 9.59 Å². The van der Waals surface area contributed by atoms with Crippen molar-refractivity contribution in [1.29, 1.82) is 0 Å². The molecule has 8 nitrogen and oxygen atoms in total. The summed E-state index contributed by atoms with van der Waals surface area (Å²) < 4.78 is 5.70. The molecule has 2 aromatic rings. The van der Waals surface area contributed by atoms with Gasteiger partial charge in [-0.25, -0.2) is 9.97 Å². The lowest BCUT2D eigenvalue weighted by molar-refractivity contribution is -0.131. The minimum atomic E-state index is -0.0938. The number of nitrogens with zero attached hydrogens (tertiary/aromatic N) is 4. The number of ether oxygens (including phenoxy) is 1. The van der Waals surface area contributed by atoms with Crippen LogP contribution in [0, 0.1) is 0 Å². The van der Waals surface area contributed by atoms with Gasteiger partial charge in [0, 0.05) is 32.6 Å². The predicted octanol–water partition coefficient (Wildman–Crippen LogP) is 2.65. The standard InChI is InChI=1S/C25H31N5O3/c1-16(31)30-10-3-6-21(30)25-27-20-15-29(11-9-19(20)24(26-2)28-25)23(32)14-17-7-8-22-18(13-17)5-4-12-33-22/h7-8,13,21H,3-6,9-12,14-15H2,1-2H3,(H,26,27,28). The van der Waals surface area contributed by atoms with Gasteiger partial charge in [-0.15, -0.1) is 0 Å². The maximum absolute atomic E-state index is 13.2. The van der Waals surface area contributed by atoms with Crippen LogP contribution in [0.15, 0.2) is 18.2 Å². The number of hydrogen-bond acceptors (Lipinski definition) is 6. The molecular formula is C25H31N5O3. The Balaban J connectivity index is 1.35. The first-order valence-electron chi connectivity index (χ1n) is 11.9. The number of carbonyl (C=O) groups excluding carboxylic acids is 2. The number of aryl methyl sites for hydroxylation is 1. The zero-order chi connectivity index (χ0) is 22.9. The Kier molecular flexibility index (Phi) is 5.91. The molecule has 1 aromatic carbocycles. The van der Waals surface area contributed by atoms with Crippen LogP contribution in [-0.2, 0) is 35.4 Å². The van der Waals surface area contributed by atoms with Gasteiger partial charge in [0.2, 0.25) is 11.8 Å². The number of nitrogens with one attached hydrogen (secondary N) is 1. The fraction of sp³-hybridized carbons (Fsp3) is 0.520. The monoisotopic (exact) mass is 449 g/mol. The summed E-state index contributed by atoms with van der Waals surface area (Å²) in [5.41, 5.74) is 4.18. The van der Waals surface area contributed by atoms with Crippen molar-refractivity contribution in [3.05, 3.63) is 46.4 Å². The van der Waals surface area contributed by atoms with Gasteiger partial charge in [0.15, 0.2) is 5.82 Å². The van der Waals surface area contributed by atoms with E-state index in [0.29, 0.717) is 25.3 Å². The van der Waals surface area contributed by atoms with E-state index in [-0.39, 0.29) is 17.9 Å². The molecule has 4 heterocycles. The van der Waals surface area contributed by atoms with Crippen LogP contribution in [-0.4, -0.2) is 58.3 Å². The summed E-state index contributed by atoms with van der Waals surface area (Å²) in [4.78, 5) is 38.6. The molecule has 0 saturated carbocycles. The van der Waals surface area contributed by atoms with Crippen LogP contribution in [0.3, 0.4) is 0 Å². The number of carbonyl (C=O) groups is 2. The average Bonchev–Trinajstić information content (AvgIpc) is 3.33. The number of benzene rings is 1. The molecule has 1 fully saturated rings. The Bertz CT molecular complexity index is 1090. The van der Waals surface area contributed by atoms with E-state index in [0.717, 1.165) is 73.6 Å². The van der Waals surface area contributed by atoms with Gasteiger partial charge in [-0.3, -0.25) is 9.59 Å². The normalized spacial score (nSPS) is 19.5. The van der Waals surface area contributed by atoms with Gasteiger partial charge in [0.1, 0.15) is 11.6 Å². The highest BCUT2D eigenvalue weighted by molar-refractivity contribution is 5.79. The van der Waals surface area contributed by atoms with E-state index in [2.05, 4.69) is 11.4 Å². The highest BCUT2D eigenvalue weighted by Gasteiger charge is 2.33. The molecule has 0 bridgehead atoms. The molecule has 1 saturated heterocycles. The van der Waals surface area contributed by atoms with Crippen molar-refractivity contribution in [1.82, 2.24) is 19.8 Å². The number of likely N-dealkylation sites (tertiary alicyclic amines) is 1. The zero-order valence-electron chi connectivity index (χ0n) is 19.4. The van der Waals surface area contributed by atoms with Crippen LogP contribution in [0.1, 0.15) is 60.4 Å². The minimum absolute atomic E-state index is 0.0529. The molecule has 0 radical (unpaired) electrons. The van der Waals surface area contributed by atoms with E-state index in [1.165, 1.54) is 5.56 Å². The van der Waals surface area contributed by atoms with E-state index in [4.69, 9.17) is 14.7 Å². The molecule has 1 N–H and O–H groups in total. The Labute approximate surface area is 194 Å². The van der Waals surface area contributed by atoms with Crippen molar-refractivity contribution in [2.75, 3.05) is 32.1 Å². The number of aromatic nitrogens is 2. The summed E-state index contributed by atoms with van der Waals surface area (Å²) in [5.74, 6) is 2.59. The van der Waals surface area contributed by atoms with Crippen molar-refractivity contribution >= 4 is 17.6 Å². The maximum atomic E-state index is 13.2. The molecule has 0 aliphatic carbocycles. The fourth-order valence-electron chi connectivity index (χ4n) is 5.24. The molecule has 1 unspecified atom stereocenters. The van der Waals surface area contributed by atoms with E-state index < -0.39 is 0 Å². The third-order valence-corrected chi connectivity index (χ3v) is 6.96. The smallest absolute Gasteiger partial charge is 0.227 e. The molecule has 3 aliphatic heterocycles. The predicted molar refractivity (Wildman–Crippen MR) is 124 cm³/mol. The minimum Gasteiger partial charge on any atom is -0.493 e. The van der Waals surface area contributed by atoms with Crippen LogP contribution in [0.4, 0.5) is 5.82 Å². The third kappa shape index (κ3) is 4.26. The lowest BCUT2D eigenvalue weighted by Gasteiger charge is -2.31. The summed E-state index contributed by atoms with van der Waals surface area (Å²) in [6.45, 7) is 4.23. The van der Waals surface area contributed by atoms with Crippen molar-refractivity contribution in [2.24, 2.45) is 0 Å². The highest BCUT2D eigenvalue weighted by atomic mass is 16.5. The molecule has 5 rings (SSSR count). The first-order chi connectivity index (χ1) is 16.0. The summed E-state index contributed by atoms with van der Waals surface area (Å²) in [6.07, 6.45) is 4.93. The Morgan fingerprint density at radius 2 is 2.06 bits per heavy atom. The van der Waals surface area contributed by atoms with Gasteiger partial charge in [-0.2, -0.15) is 0 Å². The fourth-order valence-corrected chi connectivity index (χ4v) is 5.24. The molecule has 1 aromatic heterocycles. The Morgan fingerprint density at radius 1 is 1.18 bits per heavy atom. The number of anilines is 1. The van der Waals surface area contributed by atoms with E-state index in [1.807, 2.05) is 29.0 Å². The summed E-state index contributed by atoms with van der Waals surface area (Å²) >= 11 is 0. The van der Waals surface area contributed by atoms with Gasteiger partial charge in [0.25, 0.3) is 0 Å². The number of fused-ring (bicyclic) bond motifs is 2. The first-order valence-corrected chi connectivity index (χ1v) is 11.9. The molecule has 1 atom stereocenters. The number of rotatable bonds is 4. The van der Waals surface area contributed by atoms with E-state index >= 15 is 0 Å². The van der Waals surface area contributed by atoms with Crippen LogP contribution < -0.4 is 10.1 Å². The molecule has 0 spiro atoms. The molecule has 8 heteroatoms. The Hall–Kier alpha value is -3.16. The zero-order valence-corrected chi connectivity index (χ0v) is 19.4. The largest absolute Gasteiger partial charge is 0.493 e. The van der Waals surface area contributed by atoms with Gasteiger partial charge in [0.05, 0.1) is 31.3 Å². The number of hydrogen-bond donors (Lipinski definition) is 1. The summed E-state index contributed by atoms with van der Waals surface area (Å²) in [7, 11) is 1.86. The summed E-state index contributed by atoms with van der Waals surface area (Å²) in [5, 5.41) is 3.21. The Morgan fingerprint density at radius 3 is 2.88 bits per heavy atom. The van der Waals surface area contributed by atoms with Gasteiger partial charge >= 0.3 is 0 Å². The lowest BCUT2D eigenvalue weighted by atomic mass is 10.0. The van der Waals surface area contributed by atoms with Crippen LogP contribution in [0.2, 0.25) is 0 Å². The maximum Gasteiger partial charge on any atom is 0.227 e. The average molecular weight is 450 g/mol. The molecule has 2 amide bonds. The van der Waals surface area contributed by atoms with Gasteiger partial charge in [-0.1, -0.05) is 12.1 Å². The summed E-state index contributed by atoms with van der Waals surface area (Å²) in [6, 6.07) is 6.00. The molecule has 3 aliphatic rings. The number of amides is 2. The SMILES string of the molecule is CNc1nc(C2CCCN2C(C)=O)nc2c1CCN(C(=O)Cc1ccc3c(c1)CCCO3)C2. The van der Waals surface area contributed by atoms with Crippen LogP contribution in [0.25, 0.3) is 0 Å². The molecular weight excluding hydrogens is 418 g/mol. The van der Waals surface area contributed by atoms with E-state index in [1.54, 1.807) is 6.92 Å². The van der Waals surface area contributed by atoms with Crippen molar-refractivity contribution < 1.29 is 14.3 Å². The lowest BCUT2D eigenvalue weighted by Crippen LogP contribution is -2.38. The highest BCUT2D eigenvalue weighted by Crippen LogP contribution is 2.33. The second-order valence-corrected chi connectivity index (χ2v) is 9.11. The van der Waals surface area contributed by atoms with Gasteiger partial charge in [-0.05, 0) is 49.3 Å². The second-order valence-electron chi connectivity index (χ2n) is 9.11. The topological polar surface area (TPSA) is 87.7 Å². The van der Waals surface area contributed by atoms with Crippen molar-refractivity contribution in [2.45, 2.75) is 58.0 Å². The second kappa shape index (κ2) is 9.00. The molecule has 33 heavy (non-hydrogen) atoms. The van der Waals surface area contributed by atoms with Crippen molar-refractivity contribution in [3.8, 4) is 5.75 Å². The quantitative estimate of drug-likeness (QED) is 0.772. The van der Waals surface area contributed by atoms with Crippen LogP contribution >= 0.6 is 0 Å². The third-order valence-electron chi connectivity index (χ3n) is 6.96. The van der Waals surface area contributed by atoms with Gasteiger partial charge < -0.3 is 19.9 Å². The first kappa shape index (κ1) is 21.7. The van der Waals surface area contributed by atoms with Crippen molar-refractivity contribution in [3.63, 3.8) is 0 Å². The molecule has 174 valence electrons. The van der Waals surface area contributed by atoms with Crippen LogP contribution in [0.5, 0.6) is 5.75 Å².